The van der Waals surface area contributed by atoms with Gasteiger partial charge in [-0.25, -0.2) is 8.42 Å². The van der Waals surface area contributed by atoms with Gasteiger partial charge in [0.2, 0.25) is 0 Å². The van der Waals surface area contributed by atoms with Crippen molar-refractivity contribution in [2.75, 3.05) is 24.4 Å². The molecule has 0 spiro atoms. The lowest BCUT2D eigenvalue weighted by molar-refractivity contribution is 0.114. The van der Waals surface area contributed by atoms with Gasteiger partial charge in [-0.15, -0.1) is 0 Å². The normalized spacial score (nSPS) is 18.1. The van der Waals surface area contributed by atoms with Crippen molar-refractivity contribution in [1.82, 2.24) is 4.90 Å². The first kappa shape index (κ1) is 21.5. The van der Waals surface area contributed by atoms with E-state index in [1.54, 1.807) is 12.1 Å². The van der Waals surface area contributed by atoms with Gasteiger partial charge in [-0.1, -0.05) is 18.2 Å². The summed E-state index contributed by atoms with van der Waals surface area (Å²) in [7, 11) is -1.48. The maximum absolute atomic E-state index is 12.9. The van der Waals surface area contributed by atoms with Crippen LogP contribution in [0.4, 0.5) is 5.69 Å². The Hall–Kier alpha value is -3.34. The SMILES string of the molecule is CN1CCC(Oc2ccc3c(c2)C=CS(=O)(=O)N3Cc2ccc3ccc(C#N)cc3c2)CC1. The van der Waals surface area contributed by atoms with Crippen LogP contribution in [0, 0.1) is 11.3 Å². The summed E-state index contributed by atoms with van der Waals surface area (Å²) in [5.74, 6) is 0.766. The number of nitrogens with zero attached hydrogens (tertiary/aromatic N) is 3. The number of ether oxygens (including phenoxy) is 1. The van der Waals surface area contributed by atoms with Crippen LogP contribution >= 0.6 is 0 Å². The Balaban J connectivity index is 1.42. The Labute approximate surface area is 194 Å². The number of sulfonamides is 1. The summed E-state index contributed by atoms with van der Waals surface area (Å²) in [6, 6.07) is 19.1. The second-order valence-electron chi connectivity index (χ2n) is 8.70. The zero-order valence-electron chi connectivity index (χ0n) is 18.4. The molecule has 0 aliphatic carbocycles. The highest BCUT2D eigenvalue weighted by molar-refractivity contribution is 7.95. The van der Waals surface area contributed by atoms with Crippen molar-refractivity contribution in [3.8, 4) is 11.8 Å². The third-order valence-corrected chi connectivity index (χ3v) is 7.74. The molecule has 0 N–H and O–H groups in total. The lowest BCUT2D eigenvalue weighted by atomic mass is 10.0. The summed E-state index contributed by atoms with van der Waals surface area (Å²) in [5.41, 5.74) is 2.90. The third kappa shape index (κ3) is 4.45. The minimum absolute atomic E-state index is 0.183. The number of nitriles is 1. The molecule has 1 saturated heterocycles. The maximum Gasteiger partial charge on any atom is 0.257 e. The van der Waals surface area contributed by atoms with Crippen molar-refractivity contribution in [3.63, 3.8) is 0 Å². The Bertz CT molecular complexity index is 1380. The molecule has 0 saturated carbocycles. The van der Waals surface area contributed by atoms with Gasteiger partial charge < -0.3 is 9.64 Å². The van der Waals surface area contributed by atoms with E-state index in [2.05, 4.69) is 18.0 Å². The first-order valence-corrected chi connectivity index (χ1v) is 12.5. The van der Waals surface area contributed by atoms with E-state index in [-0.39, 0.29) is 12.6 Å². The van der Waals surface area contributed by atoms with Crippen LogP contribution in [0.2, 0.25) is 0 Å². The van der Waals surface area contributed by atoms with E-state index in [0.717, 1.165) is 53.6 Å². The number of anilines is 1. The highest BCUT2D eigenvalue weighted by Crippen LogP contribution is 2.35. The lowest BCUT2D eigenvalue weighted by Gasteiger charge is -2.30. The third-order valence-electron chi connectivity index (χ3n) is 6.32. The van der Waals surface area contributed by atoms with Crippen LogP contribution in [0.5, 0.6) is 5.75 Å². The molecular weight excluding hydrogens is 434 g/mol. The summed E-state index contributed by atoms with van der Waals surface area (Å²) in [5, 5.41) is 12.4. The smallest absolute Gasteiger partial charge is 0.257 e. The molecule has 0 aromatic heterocycles. The van der Waals surface area contributed by atoms with Gasteiger partial charge in [0.1, 0.15) is 11.9 Å². The van der Waals surface area contributed by atoms with Crippen LogP contribution in [0.3, 0.4) is 0 Å². The zero-order chi connectivity index (χ0) is 23.0. The van der Waals surface area contributed by atoms with Gasteiger partial charge in [-0.2, -0.15) is 5.26 Å². The van der Waals surface area contributed by atoms with E-state index < -0.39 is 10.0 Å². The summed E-state index contributed by atoms with van der Waals surface area (Å²) < 4.78 is 33.4. The van der Waals surface area contributed by atoms with Crippen molar-refractivity contribution in [3.05, 3.63) is 76.7 Å². The van der Waals surface area contributed by atoms with Crippen LogP contribution < -0.4 is 9.04 Å². The number of likely N-dealkylation sites (tertiary alicyclic amines) is 1. The Morgan fingerprint density at radius 2 is 1.82 bits per heavy atom. The van der Waals surface area contributed by atoms with E-state index in [0.29, 0.717) is 11.3 Å². The fourth-order valence-corrected chi connectivity index (χ4v) is 5.67. The quantitative estimate of drug-likeness (QED) is 0.574. The molecule has 33 heavy (non-hydrogen) atoms. The van der Waals surface area contributed by atoms with E-state index in [9.17, 15) is 13.7 Å². The van der Waals surface area contributed by atoms with Gasteiger partial charge in [0.05, 0.1) is 29.3 Å². The number of piperidine rings is 1. The highest BCUT2D eigenvalue weighted by Gasteiger charge is 2.27. The number of benzene rings is 3. The molecule has 3 aromatic rings. The number of rotatable bonds is 4. The largest absolute Gasteiger partial charge is 0.490 e. The molecule has 5 rings (SSSR count). The van der Waals surface area contributed by atoms with E-state index in [4.69, 9.17) is 4.74 Å². The molecule has 7 heteroatoms. The van der Waals surface area contributed by atoms with Crippen molar-refractivity contribution in [2.45, 2.75) is 25.5 Å². The molecule has 3 aromatic carbocycles. The molecule has 2 heterocycles. The minimum Gasteiger partial charge on any atom is -0.490 e. The van der Waals surface area contributed by atoms with Crippen molar-refractivity contribution >= 4 is 32.6 Å². The summed E-state index contributed by atoms with van der Waals surface area (Å²) in [6.45, 7) is 2.24. The molecule has 0 atom stereocenters. The number of hydrogen-bond acceptors (Lipinski definition) is 5. The fourth-order valence-electron chi connectivity index (χ4n) is 4.44. The number of fused-ring (bicyclic) bond motifs is 2. The standard InChI is InChI=1S/C26H25N3O3S/c1-28-11-8-24(9-12-28)32-25-6-7-26-22(16-25)10-13-33(30,31)29(26)18-20-3-5-21-4-2-19(17-27)14-23(21)15-20/h2-7,10,13-16,24H,8-9,11-12,18H2,1H3. The molecule has 6 nitrogen and oxygen atoms in total. The minimum atomic E-state index is -3.59. The van der Waals surface area contributed by atoms with Gasteiger partial charge in [0.25, 0.3) is 10.0 Å². The average molecular weight is 460 g/mol. The highest BCUT2D eigenvalue weighted by atomic mass is 32.2. The lowest BCUT2D eigenvalue weighted by Crippen LogP contribution is -2.35. The summed E-state index contributed by atoms with van der Waals surface area (Å²) >= 11 is 0. The van der Waals surface area contributed by atoms with Crippen molar-refractivity contribution in [1.29, 1.82) is 5.26 Å². The zero-order valence-corrected chi connectivity index (χ0v) is 19.3. The van der Waals surface area contributed by atoms with Crippen LogP contribution in [0.25, 0.3) is 16.8 Å². The second-order valence-corrected chi connectivity index (χ2v) is 10.4. The second kappa shape index (κ2) is 8.54. The van der Waals surface area contributed by atoms with Crippen molar-refractivity contribution < 1.29 is 13.2 Å². The van der Waals surface area contributed by atoms with E-state index >= 15 is 0 Å². The van der Waals surface area contributed by atoms with Gasteiger partial charge in [0.15, 0.2) is 0 Å². The number of hydrogen-bond donors (Lipinski definition) is 0. The Morgan fingerprint density at radius 3 is 2.61 bits per heavy atom. The molecule has 0 bridgehead atoms. The molecular formula is C26H25N3O3S. The first-order chi connectivity index (χ1) is 15.9. The van der Waals surface area contributed by atoms with Crippen LogP contribution in [0.15, 0.2) is 60.0 Å². The average Bonchev–Trinajstić information content (AvgIpc) is 2.82. The van der Waals surface area contributed by atoms with Gasteiger partial charge in [-0.3, -0.25) is 4.31 Å². The summed E-state index contributed by atoms with van der Waals surface area (Å²) in [4.78, 5) is 2.30. The Kier molecular flexibility index (Phi) is 5.57. The van der Waals surface area contributed by atoms with E-state index in [1.807, 2.05) is 48.5 Å². The monoisotopic (exact) mass is 459 g/mol. The van der Waals surface area contributed by atoms with Crippen LogP contribution in [-0.2, 0) is 16.6 Å². The van der Waals surface area contributed by atoms with Crippen molar-refractivity contribution in [2.24, 2.45) is 0 Å². The fraction of sp³-hybridized carbons (Fsp3) is 0.269. The molecule has 0 unspecified atom stereocenters. The van der Waals surface area contributed by atoms with Crippen LogP contribution in [-0.4, -0.2) is 39.6 Å². The van der Waals surface area contributed by atoms with Gasteiger partial charge in [-0.05, 0) is 78.7 Å². The molecule has 2 aliphatic rings. The van der Waals surface area contributed by atoms with E-state index in [1.165, 1.54) is 9.71 Å². The maximum atomic E-state index is 12.9. The molecule has 0 radical (unpaired) electrons. The summed E-state index contributed by atoms with van der Waals surface area (Å²) in [6.07, 6.45) is 3.80. The predicted octanol–water partition coefficient (Wildman–Crippen LogP) is 4.51. The molecule has 0 amide bonds. The molecule has 2 aliphatic heterocycles. The first-order valence-electron chi connectivity index (χ1n) is 11.0. The predicted molar refractivity (Wildman–Crippen MR) is 130 cm³/mol. The topological polar surface area (TPSA) is 73.6 Å². The Morgan fingerprint density at radius 1 is 1.03 bits per heavy atom. The van der Waals surface area contributed by atoms with Gasteiger partial charge >= 0.3 is 0 Å². The molecule has 168 valence electrons. The van der Waals surface area contributed by atoms with Gasteiger partial charge in [0, 0.05) is 18.7 Å². The van der Waals surface area contributed by atoms with Crippen LogP contribution in [0.1, 0.15) is 29.5 Å². The molecule has 1 fully saturated rings.